The summed E-state index contributed by atoms with van der Waals surface area (Å²) in [5, 5.41) is 0. The molecule has 0 radical (unpaired) electrons. The van der Waals surface area contributed by atoms with E-state index in [0.717, 1.165) is 11.4 Å². The molecule has 0 aromatic heterocycles. The number of aryl methyl sites for hydroxylation is 6. The van der Waals surface area contributed by atoms with E-state index in [1.54, 1.807) is 0 Å². The normalized spacial score (nSPS) is 10.9. The highest BCUT2D eigenvalue weighted by Crippen LogP contribution is 2.42. The van der Waals surface area contributed by atoms with Crippen LogP contribution < -0.4 is 9.80 Å². The predicted octanol–water partition coefficient (Wildman–Crippen LogP) is 10.5. The third kappa shape index (κ3) is 4.95. The van der Waals surface area contributed by atoms with Crippen molar-refractivity contribution in [2.45, 2.75) is 41.5 Å². The molecule has 0 spiro atoms. The third-order valence-corrected chi connectivity index (χ3v) is 7.21. The number of benzene rings is 5. The summed E-state index contributed by atoms with van der Waals surface area (Å²) in [4.78, 5) is 4.77. The second-order valence-corrected chi connectivity index (χ2v) is 10.3. The Labute approximate surface area is 227 Å². The maximum Gasteiger partial charge on any atom is 0.0519 e. The smallest absolute Gasteiger partial charge is 0.0519 e. The average molecular weight is 497 g/mol. The topological polar surface area (TPSA) is 6.48 Å². The van der Waals surface area contributed by atoms with Gasteiger partial charge >= 0.3 is 0 Å². The summed E-state index contributed by atoms with van der Waals surface area (Å²) in [6.45, 7) is 13.1. The van der Waals surface area contributed by atoms with Gasteiger partial charge in [-0.1, -0.05) is 60.7 Å². The maximum absolute atomic E-state index is 2.39. The van der Waals surface area contributed by atoms with E-state index >= 15 is 0 Å². The maximum atomic E-state index is 2.39. The van der Waals surface area contributed by atoms with Gasteiger partial charge in [0.05, 0.1) is 11.4 Å². The molecule has 0 unspecified atom stereocenters. The first-order valence-electron chi connectivity index (χ1n) is 13.3. The van der Waals surface area contributed by atoms with Crippen molar-refractivity contribution >= 4 is 34.1 Å². The molecule has 2 nitrogen and oxygen atoms in total. The highest BCUT2D eigenvalue weighted by atomic mass is 15.2. The molecule has 0 N–H and O–H groups in total. The number of rotatable bonds is 6. The van der Waals surface area contributed by atoms with Crippen molar-refractivity contribution in [3.63, 3.8) is 0 Å². The monoisotopic (exact) mass is 496 g/mol. The van der Waals surface area contributed by atoms with E-state index in [9.17, 15) is 0 Å². The number of para-hydroxylation sites is 2. The lowest BCUT2D eigenvalue weighted by Crippen LogP contribution is -2.15. The molecule has 190 valence electrons. The molecule has 0 bridgehead atoms. The van der Waals surface area contributed by atoms with Crippen molar-refractivity contribution in [2.24, 2.45) is 0 Å². The fraction of sp³-hybridized carbons (Fsp3) is 0.167. The van der Waals surface area contributed by atoms with Gasteiger partial charge in [0.1, 0.15) is 0 Å². The van der Waals surface area contributed by atoms with Crippen LogP contribution in [0.5, 0.6) is 0 Å². The van der Waals surface area contributed by atoms with Gasteiger partial charge in [-0.3, -0.25) is 0 Å². The van der Waals surface area contributed by atoms with Crippen LogP contribution in [0.1, 0.15) is 33.4 Å². The Hall–Kier alpha value is -4.30. The van der Waals surface area contributed by atoms with Crippen LogP contribution in [-0.2, 0) is 0 Å². The lowest BCUT2D eigenvalue weighted by atomic mass is 10.0. The average Bonchev–Trinajstić information content (AvgIpc) is 2.89. The van der Waals surface area contributed by atoms with Gasteiger partial charge in [0.25, 0.3) is 0 Å². The molecular weight excluding hydrogens is 460 g/mol. The molecule has 0 saturated heterocycles. The Morgan fingerprint density at radius 1 is 0.342 bits per heavy atom. The minimum absolute atomic E-state index is 1.14. The van der Waals surface area contributed by atoms with E-state index in [4.69, 9.17) is 0 Å². The van der Waals surface area contributed by atoms with Crippen LogP contribution in [0.3, 0.4) is 0 Å². The summed E-state index contributed by atoms with van der Waals surface area (Å²) in [5.74, 6) is 0. The lowest BCUT2D eigenvalue weighted by molar-refractivity contribution is 1.19. The zero-order valence-electron chi connectivity index (χ0n) is 23.3. The first-order chi connectivity index (χ1) is 18.3. The SMILES string of the molecule is Cc1cccc(N(c2ccc(N(c3cccc(C)c3)c3c(C)cccc3C)cc2)c2c(C)cccc2C)c1. The molecule has 0 atom stereocenters. The Morgan fingerprint density at radius 2 is 0.658 bits per heavy atom. The van der Waals surface area contributed by atoms with Crippen molar-refractivity contribution in [1.82, 2.24) is 0 Å². The molecule has 2 heteroatoms. The number of hydrogen-bond acceptors (Lipinski definition) is 2. The molecule has 5 rings (SSSR count). The summed E-state index contributed by atoms with van der Waals surface area (Å²) < 4.78 is 0. The van der Waals surface area contributed by atoms with E-state index in [-0.39, 0.29) is 0 Å². The summed E-state index contributed by atoms with van der Waals surface area (Å²) in [6.07, 6.45) is 0. The Bertz CT molecular complexity index is 1420. The van der Waals surface area contributed by atoms with E-state index in [2.05, 4.69) is 161 Å². The second kappa shape index (κ2) is 10.6. The predicted molar refractivity (Wildman–Crippen MR) is 164 cm³/mol. The first-order valence-corrected chi connectivity index (χ1v) is 13.3. The Morgan fingerprint density at radius 3 is 0.974 bits per heavy atom. The van der Waals surface area contributed by atoms with Crippen LogP contribution >= 0.6 is 0 Å². The lowest BCUT2D eigenvalue weighted by Gasteiger charge is -2.31. The van der Waals surface area contributed by atoms with Crippen LogP contribution in [0.15, 0.2) is 109 Å². The highest BCUT2D eigenvalue weighted by Gasteiger charge is 2.20. The van der Waals surface area contributed by atoms with E-state index in [1.165, 1.54) is 56.1 Å². The molecule has 0 fully saturated rings. The van der Waals surface area contributed by atoms with Crippen molar-refractivity contribution in [1.29, 1.82) is 0 Å². The fourth-order valence-electron chi connectivity index (χ4n) is 5.42. The minimum atomic E-state index is 1.14. The van der Waals surface area contributed by atoms with E-state index < -0.39 is 0 Å². The molecule has 0 heterocycles. The largest absolute Gasteiger partial charge is 0.310 e. The molecule has 5 aromatic rings. The van der Waals surface area contributed by atoms with Crippen LogP contribution in [0.25, 0.3) is 0 Å². The Kier molecular flexibility index (Phi) is 7.07. The Balaban J connectivity index is 1.67. The van der Waals surface area contributed by atoms with Gasteiger partial charge < -0.3 is 9.80 Å². The van der Waals surface area contributed by atoms with E-state index in [1.807, 2.05) is 0 Å². The van der Waals surface area contributed by atoms with Gasteiger partial charge in [0.2, 0.25) is 0 Å². The molecule has 0 aliphatic heterocycles. The number of nitrogens with zero attached hydrogens (tertiary/aromatic N) is 2. The van der Waals surface area contributed by atoms with Gasteiger partial charge in [0, 0.05) is 22.7 Å². The standard InChI is InChI=1S/C36H36N2/c1-25-11-7-17-33(23-25)37(35-27(3)13-9-14-28(35)4)31-19-21-32(22-20-31)38(34-18-8-12-26(2)24-34)36-29(5)15-10-16-30(36)6/h7-24H,1-6H3. The molecule has 0 saturated carbocycles. The molecule has 0 aliphatic rings. The van der Waals surface area contributed by atoms with Gasteiger partial charge in [-0.15, -0.1) is 0 Å². The molecule has 38 heavy (non-hydrogen) atoms. The zero-order valence-corrected chi connectivity index (χ0v) is 23.3. The van der Waals surface area contributed by atoms with Crippen LogP contribution in [-0.4, -0.2) is 0 Å². The van der Waals surface area contributed by atoms with Crippen LogP contribution in [0.4, 0.5) is 34.1 Å². The van der Waals surface area contributed by atoms with Crippen LogP contribution in [0.2, 0.25) is 0 Å². The third-order valence-electron chi connectivity index (χ3n) is 7.21. The fourth-order valence-corrected chi connectivity index (χ4v) is 5.42. The molecule has 0 aliphatic carbocycles. The van der Waals surface area contributed by atoms with Crippen molar-refractivity contribution < 1.29 is 0 Å². The zero-order chi connectivity index (χ0) is 26.8. The first kappa shape index (κ1) is 25.4. The van der Waals surface area contributed by atoms with Gasteiger partial charge in [-0.25, -0.2) is 0 Å². The summed E-state index contributed by atoms with van der Waals surface area (Å²) in [5.41, 5.74) is 14.6. The summed E-state index contributed by atoms with van der Waals surface area (Å²) >= 11 is 0. The number of anilines is 6. The van der Waals surface area contributed by atoms with Crippen LogP contribution in [0, 0.1) is 41.5 Å². The van der Waals surface area contributed by atoms with Crippen molar-refractivity contribution in [3.8, 4) is 0 Å². The molecule has 0 amide bonds. The number of hydrogen-bond donors (Lipinski definition) is 0. The molecular formula is C36H36N2. The van der Waals surface area contributed by atoms with Crippen molar-refractivity contribution in [2.75, 3.05) is 9.80 Å². The molecule has 5 aromatic carbocycles. The highest BCUT2D eigenvalue weighted by molar-refractivity contribution is 5.84. The minimum Gasteiger partial charge on any atom is -0.310 e. The summed E-state index contributed by atoms with van der Waals surface area (Å²) in [7, 11) is 0. The summed E-state index contributed by atoms with van der Waals surface area (Å²) in [6, 6.07) is 39.5. The van der Waals surface area contributed by atoms with Gasteiger partial charge in [-0.05, 0) is 123 Å². The quantitative estimate of drug-likeness (QED) is 0.231. The second-order valence-electron chi connectivity index (χ2n) is 10.3. The van der Waals surface area contributed by atoms with E-state index in [0.29, 0.717) is 0 Å². The van der Waals surface area contributed by atoms with Gasteiger partial charge in [-0.2, -0.15) is 0 Å². The van der Waals surface area contributed by atoms with Gasteiger partial charge in [0.15, 0.2) is 0 Å². The van der Waals surface area contributed by atoms with Crippen molar-refractivity contribution in [3.05, 3.63) is 143 Å².